The Morgan fingerprint density at radius 3 is 2.83 bits per heavy atom. The van der Waals surface area contributed by atoms with Crippen LogP contribution in [0.4, 0.5) is 4.79 Å². The summed E-state index contributed by atoms with van der Waals surface area (Å²) in [7, 11) is 0. The summed E-state index contributed by atoms with van der Waals surface area (Å²) in [5.74, 6) is 1.31. The molecule has 0 atom stereocenters. The van der Waals surface area contributed by atoms with Crippen LogP contribution in [0.3, 0.4) is 0 Å². The molecule has 0 saturated heterocycles. The Morgan fingerprint density at radius 1 is 1.14 bits per heavy atom. The fourth-order valence-electron chi connectivity index (χ4n) is 4.52. The van der Waals surface area contributed by atoms with Gasteiger partial charge in [0.2, 0.25) is 0 Å². The van der Waals surface area contributed by atoms with E-state index >= 15 is 0 Å². The van der Waals surface area contributed by atoms with E-state index in [1.54, 1.807) is 9.36 Å². The van der Waals surface area contributed by atoms with E-state index in [1.807, 2.05) is 48.7 Å². The molecule has 0 aliphatic carbocycles. The van der Waals surface area contributed by atoms with Gasteiger partial charge in [0, 0.05) is 36.8 Å². The van der Waals surface area contributed by atoms with Gasteiger partial charge in [-0.25, -0.2) is 9.48 Å². The lowest BCUT2D eigenvalue weighted by molar-refractivity contribution is 0.150. The minimum atomic E-state index is -0.893. The normalized spacial score (nSPS) is 15.0. The number of ether oxygens (including phenoxy) is 1. The summed E-state index contributed by atoms with van der Waals surface area (Å²) < 4.78 is 9.41. The van der Waals surface area contributed by atoms with Crippen molar-refractivity contribution < 1.29 is 14.6 Å². The van der Waals surface area contributed by atoms with Gasteiger partial charge in [0.25, 0.3) is 5.95 Å². The maximum Gasteiger partial charge on any atom is 0.407 e. The number of aromatic nitrogens is 5. The van der Waals surface area contributed by atoms with Gasteiger partial charge in [-0.3, -0.25) is 0 Å². The maximum atomic E-state index is 11.2. The van der Waals surface area contributed by atoms with E-state index in [0.29, 0.717) is 43.5 Å². The topological polar surface area (TPSA) is 98.3 Å². The maximum absolute atomic E-state index is 11.2. The van der Waals surface area contributed by atoms with Gasteiger partial charge in [0.1, 0.15) is 12.1 Å². The summed E-state index contributed by atoms with van der Waals surface area (Å²) in [5, 5.41) is 19.1. The monoisotopic (exact) mass is 488 g/mol. The molecule has 2 aliphatic heterocycles. The molecule has 0 bridgehead atoms. The molecule has 2 aromatic heterocycles. The molecule has 0 spiro atoms. The Balaban J connectivity index is 1.40. The van der Waals surface area contributed by atoms with Gasteiger partial charge in [-0.2, -0.15) is 19.9 Å². The van der Waals surface area contributed by atoms with Crippen LogP contribution in [0.1, 0.15) is 17.5 Å². The summed E-state index contributed by atoms with van der Waals surface area (Å²) in [6, 6.07) is 13.5. The molecule has 1 amide bonds. The van der Waals surface area contributed by atoms with Crippen molar-refractivity contribution >= 4 is 23.3 Å². The summed E-state index contributed by atoms with van der Waals surface area (Å²) in [4.78, 5) is 17.1. The highest BCUT2D eigenvalue weighted by molar-refractivity contribution is 6.32. The molecular formula is C25H21ClN6O3. The van der Waals surface area contributed by atoms with Crippen LogP contribution in [0, 0.1) is 0 Å². The number of fused-ring (bicyclic) bond motifs is 3. The highest BCUT2D eigenvalue weighted by Crippen LogP contribution is 2.38. The van der Waals surface area contributed by atoms with E-state index in [2.05, 4.69) is 16.1 Å². The second-order valence-corrected chi connectivity index (χ2v) is 8.80. The lowest BCUT2D eigenvalue weighted by atomic mass is 9.96. The zero-order chi connectivity index (χ0) is 23.9. The van der Waals surface area contributed by atoms with E-state index in [-0.39, 0.29) is 0 Å². The third-order valence-electron chi connectivity index (χ3n) is 6.32. The van der Waals surface area contributed by atoms with Crippen LogP contribution in [0.15, 0.2) is 61.1 Å². The van der Waals surface area contributed by atoms with Crippen LogP contribution >= 0.6 is 11.6 Å². The Kier molecular flexibility index (Phi) is 5.26. The van der Waals surface area contributed by atoms with Crippen LogP contribution in [0.25, 0.3) is 28.5 Å². The van der Waals surface area contributed by atoms with Crippen LogP contribution < -0.4 is 4.74 Å². The molecule has 4 aromatic rings. The van der Waals surface area contributed by atoms with Crippen LogP contribution in [-0.2, 0) is 6.42 Å². The Bertz CT molecular complexity index is 1470. The van der Waals surface area contributed by atoms with Gasteiger partial charge in [-0.1, -0.05) is 35.9 Å². The van der Waals surface area contributed by atoms with Crippen molar-refractivity contribution in [1.29, 1.82) is 0 Å². The van der Waals surface area contributed by atoms with Gasteiger partial charge >= 0.3 is 6.09 Å². The quantitative estimate of drug-likeness (QED) is 0.456. The highest BCUT2D eigenvalue weighted by atomic mass is 35.5. The lowest BCUT2D eigenvalue weighted by Gasteiger charge is -2.24. The van der Waals surface area contributed by atoms with E-state index < -0.39 is 6.09 Å². The SMILES string of the molecule is O=C(O)N1CC=C(c2ccc3c(c2)-c2nn(-c4ncnn4-c4ccccc4Cl)cc2CCO3)CC1. The fraction of sp³-hybridized carbons (Fsp3) is 0.200. The van der Waals surface area contributed by atoms with E-state index in [1.165, 1.54) is 11.2 Å². The summed E-state index contributed by atoms with van der Waals surface area (Å²) in [5.41, 5.74) is 5.66. The Labute approximate surface area is 205 Å². The third kappa shape index (κ3) is 3.83. The molecule has 0 fully saturated rings. The molecule has 10 heteroatoms. The number of nitrogens with zero attached hydrogens (tertiary/aromatic N) is 6. The Hall–Kier alpha value is -4.11. The van der Waals surface area contributed by atoms with Gasteiger partial charge in [-0.05, 0) is 41.8 Å². The molecule has 4 heterocycles. The number of carbonyl (C=O) groups is 1. The Morgan fingerprint density at radius 2 is 2.03 bits per heavy atom. The molecule has 6 rings (SSSR count). The number of amides is 1. The summed E-state index contributed by atoms with van der Waals surface area (Å²) >= 11 is 6.41. The first-order valence-electron chi connectivity index (χ1n) is 11.3. The van der Waals surface area contributed by atoms with Gasteiger partial charge in [-0.15, -0.1) is 0 Å². The summed E-state index contributed by atoms with van der Waals surface area (Å²) in [6.45, 7) is 1.40. The largest absolute Gasteiger partial charge is 0.493 e. The molecule has 0 saturated carbocycles. The predicted molar refractivity (Wildman–Crippen MR) is 130 cm³/mol. The van der Waals surface area contributed by atoms with E-state index in [9.17, 15) is 9.90 Å². The number of hydrogen-bond acceptors (Lipinski definition) is 5. The molecule has 0 radical (unpaired) electrons. The number of hydrogen-bond donors (Lipinski definition) is 1. The zero-order valence-electron chi connectivity index (χ0n) is 18.6. The van der Waals surface area contributed by atoms with Crippen LogP contribution in [-0.4, -0.2) is 60.3 Å². The molecule has 2 aliphatic rings. The second kappa shape index (κ2) is 8.59. The van der Waals surface area contributed by atoms with Crippen molar-refractivity contribution in [2.45, 2.75) is 12.8 Å². The van der Waals surface area contributed by atoms with Crippen molar-refractivity contribution in [2.75, 3.05) is 19.7 Å². The minimum Gasteiger partial charge on any atom is -0.493 e. The smallest absolute Gasteiger partial charge is 0.407 e. The standard InChI is InChI=1S/C25H21ClN6O3/c26-20-3-1-2-4-21(20)32-24(27-15-28-32)31-14-18-9-12-35-22-6-5-17(13-19(22)23(18)29-31)16-7-10-30(11-8-16)25(33)34/h1-7,13-15H,8-12H2,(H,33,34). The number of carboxylic acid groups (broad SMARTS) is 1. The number of halogens is 1. The van der Waals surface area contributed by atoms with E-state index in [0.717, 1.165) is 39.4 Å². The molecule has 0 unspecified atom stereocenters. The molecule has 2 aromatic carbocycles. The van der Waals surface area contributed by atoms with Crippen molar-refractivity contribution in [3.05, 3.63) is 77.2 Å². The first-order chi connectivity index (χ1) is 17.1. The van der Waals surface area contributed by atoms with Gasteiger partial charge < -0.3 is 14.7 Å². The lowest BCUT2D eigenvalue weighted by Crippen LogP contribution is -2.33. The first-order valence-corrected chi connectivity index (χ1v) is 11.6. The minimum absolute atomic E-state index is 0.385. The molecule has 176 valence electrons. The van der Waals surface area contributed by atoms with Gasteiger partial charge in [0.15, 0.2) is 0 Å². The molecule has 9 nitrogen and oxygen atoms in total. The molecule has 35 heavy (non-hydrogen) atoms. The second-order valence-electron chi connectivity index (χ2n) is 8.39. The highest BCUT2D eigenvalue weighted by Gasteiger charge is 2.24. The molecular weight excluding hydrogens is 468 g/mol. The zero-order valence-corrected chi connectivity index (χ0v) is 19.4. The first kappa shape index (κ1) is 21.4. The van der Waals surface area contributed by atoms with Crippen molar-refractivity contribution in [3.8, 4) is 28.6 Å². The third-order valence-corrected chi connectivity index (χ3v) is 6.64. The van der Waals surface area contributed by atoms with Crippen molar-refractivity contribution in [1.82, 2.24) is 29.4 Å². The van der Waals surface area contributed by atoms with E-state index in [4.69, 9.17) is 21.4 Å². The average molecular weight is 489 g/mol. The molecule has 1 N–H and O–H groups in total. The summed E-state index contributed by atoms with van der Waals surface area (Å²) in [6.07, 6.45) is 5.89. The average Bonchev–Trinajstić information content (AvgIpc) is 3.48. The van der Waals surface area contributed by atoms with Crippen molar-refractivity contribution in [3.63, 3.8) is 0 Å². The predicted octanol–water partition coefficient (Wildman–Crippen LogP) is 4.48. The number of rotatable bonds is 3. The van der Waals surface area contributed by atoms with Gasteiger partial charge in [0.05, 0.1) is 23.0 Å². The number of para-hydroxylation sites is 1. The van der Waals surface area contributed by atoms with Crippen LogP contribution in [0.2, 0.25) is 5.02 Å². The van der Waals surface area contributed by atoms with Crippen molar-refractivity contribution in [2.24, 2.45) is 0 Å². The fourth-order valence-corrected chi connectivity index (χ4v) is 4.74. The van der Waals surface area contributed by atoms with Crippen LogP contribution in [0.5, 0.6) is 5.75 Å². The number of benzene rings is 2.